The molecule has 94 valence electrons. The van der Waals surface area contributed by atoms with E-state index in [9.17, 15) is 0 Å². The van der Waals surface area contributed by atoms with E-state index >= 15 is 0 Å². The molecule has 1 fully saturated rings. The summed E-state index contributed by atoms with van der Waals surface area (Å²) in [7, 11) is 0. The van der Waals surface area contributed by atoms with Crippen LogP contribution in [0.3, 0.4) is 0 Å². The van der Waals surface area contributed by atoms with Crippen molar-refractivity contribution in [3.05, 3.63) is 11.4 Å². The Morgan fingerprint density at radius 1 is 1.06 bits per heavy atom. The minimum absolute atomic E-state index is 0.495. The highest BCUT2D eigenvalue weighted by Crippen LogP contribution is 2.30. The Kier molecular flexibility index (Phi) is 3.60. The van der Waals surface area contributed by atoms with E-state index in [-0.39, 0.29) is 0 Å². The molecule has 0 bridgehead atoms. The van der Waals surface area contributed by atoms with Gasteiger partial charge in [0.05, 0.1) is 11.4 Å². The second-order valence-corrected chi connectivity index (χ2v) is 5.45. The van der Waals surface area contributed by atoms with Crippen molar-refractivity contribution in [3.8, 4) is 0 Å². The smallest absolute Gasteiger partial charge is 0.243 e. The molecule has 0 radical (unpaired) electrons. The van der Waals surface area contributed by atoms with Crippen molar-refractivity contribution >= 4 is 5.95 Å². The molecular formula is C13H22N4. The molecule has 4 nitrogen and oxygen atoms in total. The van der Waals surface area contributed by atoms with Crippen molar-refractivity contribution in [2.75, 3.05) is 5.32 Å². The van der Waals surface area contributed by atoms with Crippen molar-refractivity contribution < 1.29 is 0 Å². The fourth-order valence-corrected chi connectivity index (χ4v) is 2.56. The maximum absolute atomic E-state index is 4.44. The summed E-state index contributed by atoms with van der Waals surface area (Å²) in [5, 5.41) is 11.7. The number of hydrogen-bond donors (Lipinski definition) is 1. The Morgan fingerprint density at radius 3 is 2.47 bits per heavy atom. The van der Waals surface area contributed by atoms with Crippen LogP contribution in [0.25, 0.3) is 0 Å². The molecule has 0 aromatic carbocycles. The van der Waals surface area contributed by atoms with E-state index in [2.05, 4.69) is 34.3 Å². The summed E-state index contributed by atoms with van der Waals surface area (Å²) < 4.78 is 0. The van der Waals surface area contributed by atoms with E-state index in [4.69, 9.17) is 0 Å². The Hall–Kier alpha value is -1.19. The van der Waals surface area contributed by atoms with Gasteiger partial charge in [-0.05, 0) is 44.9 Å². The lowest BCUT2D eigenvalue weighted by Gasteiger charge is -2.33. The molecule has 0 amide bonds. The number of hydrogen-bond acceptors (Lipinski definition) is 4. The van der Waals surface area contributed by atoms with Gasteiger partial charge in [-0.15, -0.1) is 5.10 Å². The second kappa shape index (κ2) is 4.98. The normalized spacial score (nSPS) is 29.1. The van der Waals surface area contributed by atoms with E-state index in [1.54, 1.807) is 0 Å². The quantitative estimate of drug-likeness (QED) is 0.854. The lowest BCUT2D eigenvalue weighted by molar-refractivity contribution is 0.275. The maximum Gasteiger partial charge on any atom is 0.243 e. The maximum atomic E-state index is 4.44. The van der Waals surface area contributed by atoms with Gasteiger partial charge in [-0.1, -0.05) is 13.8 Å². The van der Waals surface area contributed by atoms with Crippen LogP contribution in [0.2, 0.25) is 0 Å². The topological polar surface area (TPSA) is 50.7 Å². The van der Waals surface area contributed by atoms with Crippen molar-refractivity contribution in [2.24, 2.45) is 11.8 Å². The van der Waals surface area contributed by atoms with Gasteiger partial charge in [-0.3, -0.25) is 0 Å². The summed E-state index contributed by atoms with van der Waals surface area (Å²) in [6, 6.07) is 0.495. The average molecular weight is 234 g/mol. The SMILES string of the molecule is Cc1nnc(NC2CCC(C)CC2C)nc1C. The van der Waals surface area contributed by atoms with Gasteiger partial charge in [-0.2, -0.15) is 5.10 Å². The molecule has 1 saturated carbocycles. The molecular weight excluding hydrogens is 212 g/mol. The molecule has 17 heavy (non-hydrogen) atoms. The van der Waals surface area contributed by atoms with Crippen molar-refractivity contribution in [3.63, 3.8) is 0 Å². The van der Waals surface area contributed by atoms with Crippen molar-refractivity contribution in [1.82, 2.24) is 15.2 Å². The summed E-state index contributed by atoms with van der Waals surface area (Å²) in [6.07, 6.45) is 3.79. The van der Waals surface area contributed by atoms with Gasteiger partial charge < -0.3 is 5.32 Å². The van der Waals surface area contributed by atoms with Gasteiger partial charge in [0.1, 0.15) is 0 Å². The molecule has 0 spiro atoms. The highest BCUT2D eigenvalue weighted by atomic mass is 15.2. The summed E-state index contributed by atoms with van der Waals surface area (Å²) in [5.74, 6) is 2.21. The first-order chi connectivity index (χ1) is 8.06. The van der Waals surface area contributed by atoms with Crippen molar-refractivity contribution in [1.29, 1.82) is 0 Å². The van der Waals surface area contributed by atoms with Gasteiger partial charge in [0.2, 0.25) is 5.95 Å². The molecule has 1 aromatic heterocycles. The molecule has 0 aliphatic heterocycles. The summed E-state index contributed by atoms with van der Waals surface area (Å²) >= 11 is 0. The second-order valence-electron chi connectivity index (χ2n) is 5.45. The minimum atomic E-state index is 0.495. The number of aryl methyl sites for hydroxylation is 2. The van der Waals surface area contributed by atoms with Crippen LogP contribution < -0.4 is 5.32 Å². The number of nitrogens with zero attached hydrogens (tertiary/aromatic N) is 3. The zero-order chi connectivity index (χ0) is 12.4. The first-order valence-electron chi connectivity index (χ1n) is 6.50. The van der Waals surface area contributed by atoms with E-state index in [0.717, 1.165) is 17.3 Å². The van der Waals surface area contributed by atoms with Gasteiger partial charge in [0, 0.05) is 6.04 Å². The van der Waals surface area contributed by atoms with E-state index in [1.807, 2.05) is 13.8 Å². The summed E-state index contributed by atoms with van der Waals surface area (Å²) in [6.45, 7) is 8.55. The van der Waals surface area contributed by atoms with Gasteiger partial charge >= 0.3 is 0 Å². The zero-order valence-electron chi connectivity index (χ0n) is 11.2. The van der Waals surface area contributed by atoms with Crippen LogP contribution in [-0.4, -0.2) is 21.2 Å². The van der Waals surface area contributed by atoms with E-state index in [0.29, 0.717) is 17.9 Å². The fourth-order valence-electron chi connectivity index (χ4n) is 2.56. The Balaban J connectivity index is 2.02. The van der Waals surface area contributed by atoms with E-state index in [1.165, 1.54) is 19.3 Å². The predicted octanol–water partition coefficient (Wildman–Crippen LogP) is 2.73. The summed E-state index contributed by atoms with van der Waals surface area (Å²) in [4.78, 5) is 4.44. The van der Waals surface area contributed by atoms with Crippen molar-refractivity contribution in [2.45, 2.75) is 53.0 Å². The molecule has 0 saturated heterocycles. The van der Waals surface area contributed by atoms with Crippen LogP contribution in [0.1, 0.15) is 44.5 Å². The van der Waals surface area contributed by atoms with Crippen LogP contribution in [0, 0.1) is 25.7 Å². The predicted molar refractivity (Wildman–Crippen MR) is 68.9 cm³/mol. The third-order valence-electron chi connectivity index (χ3n) is 3.84. The van der Waals surface area contributed by atoms with Gasteiger partial charge in [-0.25, -0.2) is 4.98 Å². The molecule has 3 atom stereocenters. The average Bonchev–Trinajstić information content (AvgIpc) is 2.27. The van der Waals surface area contributed by atoms with Crippen LogP contribution in [0.15, 0.2) is 0 Å². The van der Waals surface area contributed by atoms with Crippen LogP contribution >= 0.6 is 0 Å². The van der Waals surface area contributed by atoms with Crippen LogP contribution in [-0.2, 0) is 0 Å². The Labute approximate surface area is 103 Å². The highest BCUT2D eigenvalue weighted by Gasteiger charge is 2.25. The highest BCUT2D eigenvalue weighted by molar-refractivity contribution is 5.26. The molecule has 1 aliphatic rings. The molecule has 3 unspecified atom stereocenters. The number of nitrogens with one attached hydrogen (secondary N) is 1. The van der Waals surface area contributed by atoms with E-state index < -0.39 is 0 Å². The van der Waals surface area contributed by atoms with Gasteiger partial charge in [0.25, 0.3) is 0 Å². The number of aromatic nitrogens is 3. The molecule has 1 aromatic rings. The lowest BCUT2D eigenvalue weighted by Crippen LogP contribution is -2.33. The fraction of sp³-hybridized carbons (Fsp3) is 0.769. The standard InChI is InChI=1S/C13H22N4/c1-8-5-6-12(9(2)7-8)15-13-14-10(3)11(4)16-17-13/h8-9,12H,5-7H2,1-4H3,(H,14,15,17). The third-order valence-corrected chi connectivity index (χ3v) is 3.84. The zero-order valence-corrected chi connectivity index (χ0v) is 11.2. The van der Waals surface area contributed by atoms with Gasteiger partial charge in [0.15, 0.2) is 0 Å². The molecule has 1 aliphatic carbocycles. The molecule has 1 heterocycles. The first-order valence-corrected chi connectivity index (χ1v) is 6.50. The Morgan fingerprint density at radius 2 is 1.82 bits per heavy atom. The monoisotopic (exact) mass is 234 g/mol. The summed E-state index contributed by atoms with van der Waals surface area (Å²) in [5.41, 5.74) is 1.86. The first kappa shape index (κ1) is 12.3. The minimum Gasteiger partial charge on any atom is -0.350 e. The number of rotatable bonds is 2. The Bertz CT molecular complexity index is 391. The molecule has 4 heteroatoms. The third kappa shape index (κ3) is 2.93. The van der Waals surface area contributed by atoms with Crippen LogP contribution in [0.5, 0.6) is 0 Å². The number of anilines is 1. The molecule has 1 N–H and O–H groups in total. The molecule has 2 rings (SSSR count). The van der Waals surface area contributed by atoms with Crippen LogP contribution in [0.4, 0.5) is 5.95 Å². The lowest BCUT2D eigenvalue weighted by atomic mass is 9.80. The largest absolute Gasteiger partial charge is 0.350 e.